The first kappa shape index (κ1) is 17.3. The molecule has 0 radical (unpaired) electrons. The van der Waals surface area contributed by atoms with E-state index in [4.69, 9.17) is 10.5 Å². The molecule has 21 heavy (non-hydrogen) atoms. The highest BCUT2D eigenvalue weighted by molar-refractivity contribution is 5.99. The van der Waals surface area contributed by atoms with E-state index >= 15 is 0 Å². The molecule has 2 N–H and O–H groups in total. The Morgan fingerprint density at radius 3 is 2.29 bits per heavy atom. The number of amides is 2. The molecule has 2 rings (SSSR count). The molecule has 0 aromatic heterocycles. The van der Waals surface area contributed by atoms with Crippen LogP contribution >= 0.6 is 12.4 Å². The number of nitrogens with zero attached hydrogens (tertiary/aromatic N) is 2. The molecule has 0 aliphatic carbocycles. The lowest BCUT2D eigenvalue weighted by Gasteiger charge is -2.34. The van der Waals surface area contributed by atoms with Crippen LogP contribution in [-0.2, 0) is 9.53 Å². The van der Waals surface area contributed by atoms with Gasteiger partial charge in [-0.25, -0.2) is 0 Å². The van der Waals surface area contributed by atoms with Gasteiger partial charge < -0.3 is 20.3 Å². The Labute approximate surface area is 130 Å². The maximum atomic E-state index is 12.3. The Bertz CT molecular complexity index is 502. The van der Waals surface area contributed by atoms with E-state index in [2.05, 4.69) is 0 Å². The fourth-order valence-corrected chi connectivity index (χ4v) is 2.24. The zero-order chi connectivity index (χ0) is 14.5. The fraction of sp³-hybridized carbons (Fsp3) is 0.429. The van der Waals surface area contributed by atoms with Crippen molar-refractivity contribution in [3.8, 4) is 0 Å². The zero-order valence-electron chi connectivity index (χ0n) is 11.9. The first-order valence-electron chi connectivity index (χ1n) is 6.54. The summed E-state index contributed by atoms with van der Waals surface area (Å²) in [5.74, 6) is -0.124. The highest BCUT2D eigenvalue weighted by Gasteiger charge is 2.25. The second-order valence-electron chi connectivity index (χ2n) is 4.69. The number of carbonyl (C=O) groups is 2. The summed E-state index contributed by atoms with van der Waals surface area (Å²) in [6, 6.07) is 7.03. The molecule has 7 heteroatoms. The molecule has 0 atom stereocenters. The number of hydrogen-bond donors (Lipinski definition) is 1. The van der Waals surface area contributed by atoms with Crippen LogP contribution in [0.4, 0.5) is 5.69 Å². The molecule has 1 aromatic rings. The number of benzene rings is 1. The van der Waals surface area contributed by atoms with Crippen LogP contribution in [0.1, 0.15) is 10.4 Å². The van der Waals surface area contributed by atoms with E-state index < -0.39 is 0 Å². The first-order chi connectivity index (χ1) is 9.63. The smallest absolute Gasteiger partial charge is 0.256 e. The second-order valence-corrected chi connectivity index (χ2v) is 4.69. The van der Waals surface area contributed by atoms with Crippen molar-refractivity contribution >= 4 is 29.9 Å². The molecular weight excluding hydrogens is 294 g/mol. The maximum absolute atomic E-state index is 12.3. The normalized spacial score (nSPS) is 14.5. The van der Waals surface area contributed by atoms with Crippen LogP contribution < -0.4 is 5.73 Å². The van der Waals surface area contributed by atoms with Gasteiger partial charge in [0, 0.05) is 39.0 Å². The van der Waals surface area contributed by atoms with Gasteiger partial charge in [-0.2, -0.15) is 0 Å². The van der Waals surface area contributed by atoms with Gasteiger partial charge in [0.1, 0.15) is 6.61 Å². The molecule has 1 aliphatic rings. The van der Waals surface area contributed by atoms with Crippen LogP contribution in [0.3, 0.4) is 0 Å². The minimum Gasteiger partial charge on any atom is -0.398 e. The van der Waals surface area contributed by atoms with Gasteiger partial charge in [-0.05, 0) is 12.1 Å². The Balaban J connectivity index is 0.00000220. The van der Waals surface area contributed by atoms with Crippen LogP contribution in [0.15, 0.2) is 24.3 Å². The van der Waals surface area contributed by atoms with Crippen molar-refractivity contribution < 1.29 is 14.3 Å². The van der Waals surface area contributed by atoms with E-state index in [1.807, 2.05) is 0 Å². The van der Waals surface area contributed by atoms with E-state index in [-0.39, 0.29) is 30.8 Å². The minimum atomic E-state index is -0.0815. The number of carbonyl (C=O) groups excluding carboxylic acids is 2. The average molecular weight is 314 g/mol. The number of nitrogen functional groups attached to an aromatic ring is 1. The van der Waals surface area contributed by atoms with Gasteiger partial charge in [0.15, 0.2) is 0 Å². The van der Waals surface area contributed by atoms with Crippen molar-refractivity contribution in [2.24, 2.45) is 0 Å². The molecule has 0 spiro atoms. The summed E-state index contributed by atoms with van der Waals surface area (Å²) in [4.78, 5) is 27.5. The summed E-state index contributed by atoms with van der Waals surface area (Å²) >= 11 is 0. The van der Waals surface area contributed by atoms with E-state index in [0.717, 1.165) is 0 Å². The SMILES string of the molecule is COCC(=O)N1CCN(C(=O)c2ccccc2N)CC1.Cl. The number of anilines is 1. The lowest BCUT2D eigenvalue weighted by atomic mass is 10.1. The number of methoxy groups -OCH3 is 1. The van der Waals surface area contributed by atoms with Crippen molar-refractivity contribution in [2.75, 3.05) is 45.6 Å². The van der Waals surface area contributed by atoms with Crippen molar-refractivity contribution in [1.82, 2.24) is 9.80 Å². The molecule has 2 amide bonds. The predicted octanol–water partition coefficient (Wildman–Crippen LogP) is 0.621. The van der Waals surface area contributed by atoms with Crippen LogP contribution in [0.25, 0.3) is 0 Å². The Morgan fingerprint density at radius 1 is 1.14 bits per heavy atom. The summed E-state index contributed by atoms with van der Waals surface area (Å²) in [5.41, 5.74) is 6.81. The molecule has 0 saturated carbocycles. The first-order valence-corrected chi connectivity index (χ1v) is 6.54. The molecule has 1 fully saturated rings. The Hall–Kier alpha value is -1.79. The molecule has 0 unspecified atom stereocenters. The lowest BCUT2D eigenvalue weighted by Crippen LogP contribution is -2.51. The van der Waals surface area contributed by atoms with Crippen molar-refractivity contribution in [3.05, 3.63) is 29.8 Å². The molecule has 1 aromatic carbocycles. The van der Waals surface area contributed by atoms with Gasteiger partial charge in [-0.1, -0.05) is 12.1 Å². The van der Waals surface area contributed by atoms with Crippen LogP contribution in [0.5, 0.6) is 0 Å². The minimum absolute atomic E-state index is 0. The summed E-state index contributed by atoms with van der Waals surface area (Å²) in [5, 5.41) is 0. The molecule has 116 valence electrons. The third-order valence-electron chi connectivity index (χ3n) is 3.38. The highest BCUT2D eigenvalue weighted by atomic mass is 35.5. The van der Waals surface area contributed by atoms with Gasteiger partial charge in [0.2, 0.25) is 5.91 Å². The summed E-state index contributed by atoms with van der Waals surface area (Å²) in [7, 11) is 1.50. The summed E-state index contributed by atoms with van der Waals surface area (Å²) in [6.45, 7) is 2.17. The third-order valence-corrected chi connectivity index (χ3v) is 3.38. The predicted molar refractivity (Wildman–Crippen MR) is 82.5 cm³/mol. The summed E-state index contributed by atoms with van der Waals surface area (Å²) < 4.78 is 4.83. The van der Waals surface area contributed by atoms with Gasteiger partial charge >= 0.3 is 0 Å². The number of halogens is 1. The van der Waals surface area contributed by atoms with Gasteiger partial charge in [-0.3, -0.25) is 9.59 Å². The van der Waals surface area contributed by atoms with E-state index in [1.54, 1.807) is 34.1 Å². The number of nitrogens with two attached hydrogens (primary N) is 1. The molecule has 1 saturated heterocycles. The van der Waals surface area contributed by atoms with Crippen LogP contribution in [-0.4, -0.2) is 61.5 Å². The third kappa shape index (κ3) is 4.09. The summed E-state index contributed by atoms with van der Waals surface area (Å²) in [6.07, 6.45) is 0. The lowest BCUT2D eigenvalue weighted by molar-refractivity contribution is -0.136. The van der Waals surface area contributed by atoms with Gasteiger partial charge in [0.25, 0.3) is 5.91 Å². The van der Waals surface area contributed by atoms with Crippen LogP contribution in [0.2, 0.25) is 0 Å². The molecular formula is C14H20ClN3O3. The van der Waals surface area contributed by atoms with Crippen molar-refractivity contribution in [1.29, 1.82) is 0 Å². The average Bonchev–Trinajstić information content (AvgIpc) is 2.47. The number of rotatable bonds is 3. The van der Waals surface area contributed by atoms with Gasteiger partial charge in [0.05, 0.1) is 5.56 Å². The molecule has 6 nitrogen and oxygen atoms in total. The maximum Gasteiger partial charge on any atom is 0.256 e. The van der Waals surface area contributed by atoms with E-state index in [0.29, 0.717) is 37.4 Å². The van der Waals surface area contributed by atoms with Gasteiger partial charge in [-0.15, -0.1) is 12.4 Å². The van der Waals surface area contributed by atoms with E-state index in [9.17, 15) is 9.59 Å². The quantitative estimate of drug-likeness (QED) is 0.830. The number of hydrogen-bond acceptors (Lipinski definition) is 4. The monoisotopic (exact) mass is 313 g/mol. The Kier molecular flexibility index (Phi) is 6.45. The van der Waals surface area contributed by atoms with Crippen molar-refractivity contribution in [2.45, 2.75) is 0 Å². The Morgan fingerprint density at radius 2 is 1.71 bits per heavy atom. The number of ether oxygens (including phenoxy) is 1. The second kappa shape index (κ2) is 7.85. The van der Waals surface area contributed by atoms with Crippen molar-refractivity contribution in [3.63, 3.8) is 0 Å². The topological polar surface area (TPSA) is 75.9 Å². The fourth-order valence-electron chi connectivity index (χ4n) is 2.24. The molecule has 0 bridgehead atoms. The largest absolute Gasteiger partial charge is 0.398 e. The number of piperazine rings is 1. The standard InChI is InChI=1S/C14H19N3O3.ClH/c1-20-10-13(18)16-6-8-17(9-7-16)14(19)11-4-2-3-5-12(11)15;/h2-5H,6-10,15H2,1H3;1H. The molecule has 1 aliphatic heterocycles. The zero-order valence-corrected chi connectivity index (χ0v) is 12.8. The number of para-hydroxylation sites is 1. The highest BCUT2D eigenvalue weighted by Crippen LogP contribution is 2.15. The van der Waals surface area contributed by atoms with E-state index in [1.165, 1.54) is 7.11 Å². The van der Waals surface area contributed by atoms with Crippen LogP contribution in [0, 0.1) is 0 Å². The molecule has 1 heterocycles.